The number of hydrogen-bond donors (Lipinski definition) is 2. The second-order valence-electron chi connectivity index (χ2n) is 4.33. The summed E-state index contributed by atoms with van der Waals surface area (Å²) in [6.07, 6.45) is 0. The minimum absolute atomic E-state index is 0.205. The van der Waals surface area contributed by atoms with Crippen LogP contribution in [0.1, 0.15) is 10.4 Å². The van der Waals surface area contributed by atoms with Gasteiger partial charge in [0.25, 0.3) is 5.91 Å². The van der Waals surface area contributed by atoms with Crippen LogP contribution in [0.4, 0.5) is 5.69 Å². The Morgan fingerprint density at radius 2 is 1.80 bits per heavy atom. The van der Waals surface area contributed by atoms with Crippen molar-refractivity contribution in [3.8, 4) is 11.5 Å². The lowest BCUT2D eigenvalue weighted by Crippen LogP contribution is -2.17. The Hall–Kier alpha value is -2.14. The van der Waals surface area contributed by atoms with Crippen LogP contribution in [0.3, 0.4) is 0 Å². The van der Waals surface area contributed by atoms with Gasteiger partial charge in [-0.1, -0.05) is 12.1 Å². The summed E-state index contributed by atoms with van der Waals surface area (Å²) in [6.45, 7) is 1.03. The first-order chi connectivity index (χ1) is 9.74. The first kappa shape index (κ1) is 12.9. The molecule has 0 atom stereocenters. The van der Waals surface area contributed by atoms with E-state index in [0.717, 1.165) is 4.90 Å². The molecule has 0 fully saturated rings. The van der Waals surface area contributed by atoms with Crippen LogP contribution in [-0.2, 0) is 0 Å². The Morgan fingerprint density at radius 3 is 2.60 bits per heavy atom. The summed E-state index contributed by atoms with van der Waals surface area (Å²) in [7, 11) is 0. The van der Waals surface area contributed by atoms with Gasteiger partial charge in [0.2, 0.25) is 0 Å². The summed E-state index contributed by atoms with van der Waals surface area (Å²) < 4.78 is 10.9. The largest absolute Gasteiger partial charge is 0.486 e. The smallest absolute Gasteiger partial charge is 0.255 e. The van der Waals surface area contributed by atoms with Crippen LogP contribution in [0.2, 0.25) is 0 Å². The standard InChI is InChI=1S/C15H13NO3S/c17-15(16-11-3-1-2-4-14(11)20)10-5-6-12-13(9-10)19-8-7-18-12/h1-6,9,20H,7-8H2,(H,16,17). The van der Waals surface area contributed by atoms with Crippen LogP contribution >= 0.6 is 12.6 Å². The molecule has 3 rings (SSSR count). The van der Waals surface area contributed by atoms with Crippen molar-refractivity contribution in [2.24, 2.45) is 0 Å². The highest BCUT2D eigenvalue weighted by molar-refractivity contribution is 7.80. The van der Waals surface area contributed by atoms with E-state index in [-0.39, 0.29) is 5.91 Å². The molecule has 1 N–H and O–H groups in total. The summed E-state index contributed by atoms with van der Waals surface area (Å²) in [6, 6.07) is 12.5. The van der Waals surface area contributed by atoms with E-state index >= 15 is 0 Å². The third-order valence-corrected chi connectivity index (χ3v) is 3.35. The van der Waals surface area contributed by atoms with Gasteiger partial charge in [-0.2, -0.15) is 0 Å². The van der Waals surface area contributed by atoms with Gasteiger partial charge in [-0.15, -0.1) is 12.6 Å². The number of nitrogens with one attached hydrogen (secondary N) is 1. The number of rotatable bonds is 2. The Labute approximate surface area is 122 Å². The molecule has 1 heterocycles. The monoisotopic (exact) mass is 287 g/mol. The maximum Gasteiger partial charge on any atom is 0.255 e. The maximum absolute atomic E-state index is 12.2. The van der Waals surface area contributed by atoms with Crippen LogP contribution < -0.4 is 14.8 Å². The normalized spacial score (nSPS) is 12.8. The summed E-state index contributed by atoms with van der Waals surface area (Å²) in [5.41, 5.74) is 1.20. The van der Waals surface area contributed by atoms with Crippen LogP contribution in [0.5, 0.6) is 11.5 Å². The fourth-order valence-electron chi connectivity index (χ4n) is 1.96. The molecule has 4 nitrogen and oxygen atoms in total. The second-order valence-corrected chi connectivity index (χ2v) is 4.81. The lowest BCUT2D eigenvalue weighted by atomic mass is 10.1. The van der Waals surface area contributed by atoms with Crippen LogP contribution in [0.15, 0.2) is 47.4 Å². The van der Waals surface area contributed by atoms with Crippen molar-refractivity contribution in [2.45, 2.75) is 4.90 Å². The van der Waals surface area contributed by atoms with Gasteiger partial charge in [-0.3, -0.25) is 4.79 Å². The zero-order valence-corrected chi connectivity index (χ0v) is 11.5. The highest BCUT2D eigenvalue weighted by atomic mass is 32.1. The van der Waals surface area contributed by atoms with Crippen molar-refractivity contribution < 1.29 is 14.3 Å². The molecule has 0 aromatic heterocycles. The van der Waals surface area contributed by atoms with Crippen molar-refractivity contribution in [2.75, 3.05) is 18.5 Å². The minimum Gasteiger partial charge on any atom is -0.486 e. The van der Waals surface area contributed by atoms with E-state index < -0.39 is 0 Å². The fourth-order valence-corrected chi connectivity index (χ4v) is 2.17. The molecule has 5 heteroatoms. The number of carbonyl (C=O) groups excluding carboxylic acids is 1. The highest BCUT2D eigenvalue weighted by Gasteiger charge is 2.15. The first-order valence-electron chi connectivity index (χ1n) is 6.23. The zero-order valence-electron chi connectivity index (χ0n) is 10.6. The van der Waals surface area contributed by atoms with Crippen molar-refractivity contribution >= 4 is 24.2 Å². The lowest BCUT2D eigenvalue weighted by molar-refractivity contribution is 0.102. The van der Waals surface area contributed by atoms with Gasteiger partial charge in [-0.25, -0.2) is 0 Å². The summed E-state index contributed by atoms with van der Waals surface area (Å²) in [5, 5.41) is 2.82. The van der Waals surface area contributed by atoms with Crippen LogP contribution in [-0.4, -0.2) is 19.1 Å². The molecule has 0 bridgehead atoms. The topological polar surface area (TPSA) is 47.6 Å². The van der Waals surface area contributed by atoms with Crippen molar-refractivity contribution in [1.29, 1.82) is 0 Å². The van der Waals surface area contributed by atoms with Gasteiger partial charge in [0.15, 0.2) is 11.5 Å². The van der Waals surface area contributed by atoms with Gasteiger partial charge >= 0.3 is 0 Å². The molecule has 1 aliphatic heterocycles. The molecule has 1 amide bonds. The first-order valence-corrected chi connectivity index (χ1v) is 6.68. The quantitative estimate of drug-likeness (QED) is 0.835. The van der Waals surface area contributed by atoms with Gasteiger partial charge < -0.3 is 14.8 Å². The van der Waals surface area contributed by atoms with Gasteiger partial charge in [0.1, 0.15) is 13.2 Å². The lowest BCUT2D eigenvalue weighted by Gasteiger charge is -2.18. The predicted molar refractivity (Wildman–Crippen MR) is 79.1 cm³/mol. The number of carbonyl (C=O) groups is 1. The number of hydrogen-bond acceptors (Lipinski definition) is 4. The summed E-state index contributed by atoms with van der Waals surface area (Å²) >= 11 is 4.30. The van der Waals surface area contributed by atoms with E-state index in [4.69, 9.17) is 9.47 Å². The number of para-hydroxylation sites is 1. The molecule has 20 heavy (non-hydrogen) atoms. The Bertz CT molecular complexity index is 657. The average Bonchev–Trinajstić information content (AvgIpc) is 2.49. The van der Waals surface area contributed by atoms with E-state index in [1.807, 2.05) is 18.2 Å². The molecule has 0 aliphatic carbocycles. The van der Waals surface area contributed by atoms with E-state index in [2.05, 4.69) is 17.9 Å². The number of amides is 1. The molecule has 1 aliphatic rings. The summed E-state index contributed by atoms with van der Waals surface area (Å²) in [5.74, 6) is 1.06. The van der Waals surface area contributed by atoms with Crippen LogP contribution in [0.25, 0.3) is 0 Å². The Kier molecular flexibility index (Phi) is 3.52. The van der Waals surface area contributed by atoms with Crippen molar-refractivity contribution in [3.63, 3.8) is 0 Å². The molecule has 0 radical (unpaired) electrons. The summed E-state index contributed by atoms with van der Waals surface area (Å²) in [4.78, 5) is 12.9. The van der Waals surface area contributed by atoms with E-state index in [0.29, 0.717) is 36.0 Å². The third kappa shape index (κ3) is 2.58. The molecule has 0 spiro atoms. The van der Waals surface area contributed by atoms with E-state index in [1.54, 1.807) is 24.3 Å². The van der Waals surface area contributed by atoms with Crippen LogP contribution in [0, 0.1) is 0 Å². The van der Waals surface area contributed by atoms with E-state index in [9.17, 15) is 4.79 Å². The molecule has 0 unspecified atom stereocenters. The molecule has 2 aromatic carbocycles. The minimum atomic E-state index is -0.205. The number of thiol groups is 1. The zero-order chi connectivity index (χ0) is 13.9. The average molecular weight is 287 g/mol. The van der Waals surface area contributed by atoms with Gasteiger partial charge in [0, 0.05) is 10.5 Å². The fraction of sp³-hybridized carbons (Fsp3) is 0.133. The Morgan fingerprint density at radius 1 is 1.05 bits per heavy atom. The molecule has 102 valence electrons. The molecule has 0 saturated carbocycles. The number of anilines is 1. The SMILES string of the molecule is O=C(Nc1ccccc1S)c1ccc2c(c1)OCCO2. The van der Waals surface area contributed by atoms with Crippen molar-refractivity contribution in [3.05, 3.63) is 48.0 Å². The van der Waals surface area contributed by atoms with Gasteiger partial charge in [0.05, 0.1) is 5.69 Å². The van der Waals surface area contributed by atoms with Gasteiger partial charge in [-0.05, 0) is 30.3 Å². The molecular weight excluding hydrogens is 274 g/mol. The van der Waals surface area contributed by atoms with E-state index in [1.165, 1.54) is 0 Å². The molecular formula is C15H13NO3S. The van der Waals surface area contributed by atoms with Crippen molar-refractivity contribution in [1.82, 2.24) is 0 Å². The number of fused-ring (bicyclic) bond motifs is 1. The maximum atomic E-state index is 12.2. The Balaban J connectivity index is 1.82. The third-order valence-electron chi connectivity index (χ3n) is 2.96. The molecule has 0 saturated heterocycles. The highest BCUT2D eigenvalue weighted by Crippen LogP contribution is 2.31. The number of ether oxygens (including phenoxy) is 2. The predicted octanol–water partition coefficient (Wildman–Crippen LogP) is 3.00. The molecule has 2 aromatic rings. The second kappa shape index (κ2) is 5.46. The number of benzene rings is 2.